The van der Waals surface area contributed by atoms with Crippen LogP contribution < -0.4 is 0 Å². The summed E-state index contributed by atoms with van der Waals surface area (Å²) in [5.41, 5.74) is 0.244. The Hall–Kier alpha value is -1.49. The molecule has 2 rings (SSSR count). The molecule has 0 N–H and O–H groups in total. The smallest absolute Gasteiger partial charge is 0.426 e. The van der Waals surface area contributed by atoms with E-state index in [2.05, 4.69) is 0 Å². The Morgan fingerprint density at radius 2 is 1.91 bits per heavy atom. The van der Waals surface area contributed by atoms with Crippen molar-refractivity contribution in [2.75, 3.05) is 0 Å². The van der Waals surface area contributed by atoms with Gasteiger partial charge in [0.2, 0.25) is 0 Å². The van der Waals surface area contributed by atoms with E-state index in [1.54, 1.807) is 13.8 Å². The number of alkyl halides is 3. The van der Waals surface area contributed by atoms with Crippen molar-refractivity contribution in [3.63, 3.8) is 0 Å². The first-order valence-corrected chi connectivity index (χ1v) is 7.17. The van der Waals surface area contributed by atoms with Gasteiger partial charge in [0.15, 0.2) is 0 Å². The number of carbonyl (C=O) groups excluding carboxylic acids is 1. The van der Waals surface area contributed by atoms with E-state index in [-0.39, 0.29) is 6.61 Å². The first-order chi connectivity index (χ1) is 10.1. The summed E-state index contributed by atoms with van der Waals surface area (Å²) in [5, 5.41) is -1.19. The molecule has 1 aliphatic carbocycles. The first-order valence-electron chi connectivity index (χ1n) is 6.79. The Morgan fingerprint density at radius 3 is 2.45 bits per heavy atom. The van der Waals surface area contributed by atoms with Gasteiger partial charge in [-0.2, -0.15) is 13.2 Å². The highest BCUT2D eigenvalue weighted by Gasteiger charge is 2.62. The van der Waals surface area contributed by atoms with Gasteiger partial charge in [-0.25, -0.2) is 0 Å². The third-order valence-corrected chi connectivity index (χ3v) is 4.33. The zero-order valence-corrected chi connectivity index (χ0v) is 12.9. The van der Waals surface area contributed by atoms with E-state index in [9.17, 15) is 18.0 Å². The predicted octanol–water partition coefficient (Wildman–Crippen LogP) is 4.69. The summed E-state index contributed by atoms with van der Waals surface area (Å²) in [7, 11) is 0. The van der Waals surface area contributed by atoms with Crippen LogP contribution in [-0.4, -0.2) is 12.1 Å². The summed E-state index contributed by atoms with van der Waals surface area (Å²) < 4.78 is 42.6. The third kappa shape index (κ3) is 3.64. The van der Waals surface area contributed by atoms with Crippen molar-refractivity contribution in [3.8, 4) is 0 Å². The van der Waals surface area contributed by atoms with Gasteiger partial charge in [-0.15, -0.1) is 0 Å². The monoisotopic (exact) mass is 332 g/mol. The van der Waals surface area contributed by atoms with E-state index in [1.807, 2.05) is 30.3 Å². The predicted molar refractivity (Wildman–Crippen MR) is 77.0 cm³/mol. The lowest BCUT2D eigenvalue weighted by Crippen LogP contribution is -2.11. The van der Waals surface area contributed by atoms with Gasteiger partial charge in [0, 0.05) is 0 Å². The third-order valence-electron chi connectivity index (χ3n) is 3.99. The second kappa shape index (κ2) is 5.95. The molecule has 22 heavy (non-hydrogen) atoms. The van der Waals surface area contributed by atoms with Crippen LogP contribution in [0.5, 0.6) is 0 Å². The maximum absolute atomic E-state index is 12.5. The summed E-state index contributed by atoms with van der Waals surface area (Å²) in [5.74, 6) is -1.67. The minimum atomic E-state index is -4.58. The molecule has 1 aromatic carbocycles. The van der Waals surface area contributed by atoms with Crippen LogP contribution in [0.2, 0.25) is 0 Å². The van der Waals surface area contributed by atoms with Gasteiger partial charge in [0.05, 0.1) is 5.92 Å². The van der Waals surface area contributed by atoms with Crippen LogP contribution in [-0.2, 0) is 16.1 Å². The van der Waals surface area contributed by atoms with Crippen LogP contribution in [0, 0.1) is 17.3 Å². The number of hydrogen-bond donors (Lipinski definition) is 0. The molecule has 120 valence electrons. The molecule has 6 heteroatoms. The highest BCUT2D eigenvalue weighted by atomic mass is 35.5. The van der Waals surface area contributed by atoms with Crippen LogP contribution in [0.3, 0.4) is 0 Å². The zero-order chi connectivity index (χ0) is 16.5. The lowest BCUT2D eigenvalue weighted by Gasteiger charge is -2.05. The molecule has 0 heterocycles. The summed E-state index contributed by atoms with van der Waals surface area (Å²) in [6.45, 7) is 3.56. The van der Waals surface area contributed by atoms with E-state index in [1.165, 1.54) is 0 Å². The van der Waals surface area contributed by atoms with Gasteiger partial charge in [0.1, 0.15) is 11.6 Å². The van der Waals surface area contributed by atoms with Crippen molar-refractivity contribution in [1.29, 1.82) is 0 Å². The van der Waals surface area contributed by atoms with Crippen LogP contribution in [0.25, 0.3) is 0 Å². The fourth-order valence-corrected chi connectivity index (χ4v) is 2.65. The quantitative estimate of drug-likeness (QED) is 0.748. The van der Waals surface area contributed by atoms with Crippen molar-refractivity contribution < 1.29 is 22.7 Å². The molecule has 0 amide bonds. The Labute approximate surface area is 131 Å². The molecule has 0 aliphatic heterocycles. The number of ether oxygens (including phenoxy) is 1. The molecule has 0 radical (unpaired) electrons. The Kier molecular flexibility index (Phi) is 4.57. The average Bonchev–Trinajstić information content (AvgIpc) is 2.97. The van der Waals surface area contributed by atoms with Gasteiger partial charge in [-0.3, -0.25) is 4.79 Å². The molecule has 2 nitrogen and oxygen atoms in total. The number of esters is 1. The van der Waals surface area contributed by atoms with Crippen LogP contribution in [0.4, 0.5) is 13.2 Å². The van der Waals surface area contributed by atoms with E-state index >= 15 is 0 Å². The maximum atomic E-state index is 12.5. The van der Waals surface area contributed by atoms with E-state index in [0.717, 1.165) is 11.6 Å². The fraction of sp³-hybridized carbons (Fsp3) is 0.438. The van der Waals surface area contributed by atoms with Crippen molar-refractivity contribution >= 4 is 17.6 Å². The summed E-state index contributed by atoms with van der Waals surface area (Å²) in [4.78, 5) is 12.1. The molecule has 0 bridgehead atoms. The highest BCUT2D eigenvalue weighted by Crippen LogP contribution is 2.60. The van der Waals surface area contributed by atoms with E-state index in [0.29, 0.717) is 0 Å². The van der Waals surface area contributed by atoms with Gasteiger partial charge >= 0.3 is 12.1 Å². The number of hydrogen-bond acceptors (Lipinski definition) is 2. The standard InChI is InChI=1S/C16H16ClF3O2/c1-15(2)11(8-12(17)16(18,19)20)13(15)14(21)22-9-10-6-4-3-5-7-10/h3-8,11,13H,9H2,1-2H3/b12-8-/t11-,13-/m1/s1. The number of carbonyl (C=O) groups is 1. The van der Waals surface area contributed by atoms with Crippen LogP contribution >= 0.6 is 11.6 Å². The van der Waals surface area contributed by atoms with Gasteiger partial charge in [-0.1, -0.05) is 61.9 Å². The lowest BCUT2D eigenvalue weighted by molar-refractivity contribution is -0.147. The Balaban J connectivity index is 1.99. The molecule has 0 aromatic heterocycles. The molecule has 0 unspecified atom stereocenters. The fourth-order valence-electron chi connectivity index (χ4n) is 2.51. The average molecular weight is 333 g/mol. The molecule has 1 aliphatic rings. The number of halogens is 4. The van der Waals surface area contributed by atoms with Gasteiger partial charge in [0.25, 0.3) is 0 Å². The number of rotatable bonds is 4. The molecular weight excluding hydrogens is 317 g/mol. The van der Waals surface area contributed by atoms with Crippen molar-refractivity contribution in [1.82, 2.24) is 0 Å². The minimum Gasteiger partial charge on any atom is -0.461 e. The normalized spacial score (nSPS) is 24.0. The SMILES string of the molecule is CC1(C)[C@H](/C=C(\Cl)C(F)(F)F)[C@@H]1C(=O)OCc1ccccc1. The number of allylic oxidation sites excluding steroid dienone is 2. The molecular formula is C16H16ClF3O2. The summed E-state index contributed by atoms with van der Waals surface area (Å²) in [6, 6.07) is 9.10. The Morgan fingerprint density at radius 1 is 1.32 bits per heavy atom. The first kappa shape index (κ1) is 16.9. The molecule has 2 atom stereocenters. The highest BCUT2D eigenvalue weighted by molar-refractivity contribution is 6.30. The molecule has 1 saturated carbocycles. The maximum Gasteiger partial charge on any atom is 0.426 e. The summed E-state index contributed by atoms with van der Waals surface area (Å²) >= 11 is 5.25. The zero-order valence-electron chi connectivity index (χ0n) is 12.2. The largest absolute Gasteiger partial charge is 0.461 e. The van der Waals surface area contributed by atoms with Crippen LogP contribution in [0.1, 0.15) is 19.4 Å². The lowest BCUT2D eigenvalue weighted by atomic mass is 10.1. The number of benzene rings is 1. The van der Waals surface area contributed by atoms with Crippen molar-refractivity contribution in [2.24, 2.45) is 17.3 Å². The van der Waals surface area contributed by atoms with Crippen molar-refractivity contribution in [3.05, 3.63) is 47.0 Å². The van der Waals surface area contributed by atoms with Crippen LogP contribution in [0.15, 0.2) is 41.4 Å². The second-order valence-electron chi connectivity index (χ2n) is 5.93. The topological polar surface area (TPSA) is 26.3 Å². The van der Waals surface area contributed by atoms with Crippen molar-refractivity contribution in [2.45, 2.75) is 26.6 Å². The summed E-state index contributed by atoms with van der Waals surface area (Å²) in [6.07, 6.45) is -3.67. The molecule has 1 aromatic rings. The second-order valence-corrected chi connectivity index (χ2v) is 6.34. The van der Waals surface area contributed by atoms with E-state index in [4.69, 9.17) is 16.3 Å². The molecule has 0 spiro atoms. The van der Waals surface area contributed by atoms with E-state index < -0.39 is 34.4 Å². The Bertz CT molecular complexity index is 579. The minimum absolute atomic E-state index is 0.107. The molecule has 1 fully saturated rings. The van der Waals surface area contributed by atoms with Gasteiger partial charge in [-0.05, 0) is 16.9 Å². The molecule has 0 saturated heterocycles. The van der Waals surface area contributed by atoms with Gasteiger partial charge < -0.3 is 4.74 Å².